The smallest absolute Gasteiger partial charge is 0.261 e. The number of ether oxygens (including phenoxy) is 3. The Hall–Kier alpha value is -3.25. The number of piperidine rings is 1. The van der Waals surface area contributed by atoms with Crippen LogP contribution in [-0.4, -0.2) is 48.9 Å². The lowest BCUT2D eigenvalue weighted by atomic mass is 9.66. The van der Waals surface area contributed by atoms with Crippen molar-refractivity contribution in [3.8, 4) is 17.2 Å². The molecule has 5 rings (SSSR count). The molecule has 1 amide bonds. The minimum atomic E-state index is -0.785. The average Bonchev–Trinajstić information content (AvgIpc) is 2.90. The van der Waals surface area contributed by atoms with Crippen molar-refractivity contribution >= 4 is 16.7 Å². The van der Waals surface area contributed by atoms with Crippen LogP contribution in [-0.2, 0) is 4.79 Å². The Morgan fingerprint density at radius 2 is 1.77 bits per heavy atom. The molecule has 2 fully saturated rings. The first-order valence-corrected chi connectivity index (χ1v) is 12.4. The van der Waals surface area contributed by atoms with Gasteiger partial charge in [-0.2, -0.15) is 0 Å². The molecule has 6 nitrogen and oxygen atoms in total. The minimum Gasteiger partial charge on any atom is -0.497 e. The average molecular weight is 476 g/mol. The number of benzene rings is 3. The highest BCUT2D eigenvalue weighted by atomic mass is 16.5. The fourth-order valence-corrected chi connectivity index (χ4v) is 5.90. The summed E-state index contributed by atoms with van der Waals surface area (Å²) in [5, 5.41) is 13.8. The summed E-state index contributed by atoms with van der Waals surface area (Å²) in [7, 11) is 3.26. The standard InChI is InChI=1S/C29H33NO5/c1-33-22-12-13-26(34-2)24(18-22)28-25-9-5-6-14-29(25,32)15-16-30(28)27(31)19-35-23-11-10-20-7-3-4-8-21(20)17-23/h3-4,7-8,10-13,17-18,25,28,32H,5-6,9,14-16,19H2,1-2H3/t25-,28+,29-/m1/s1. The topological polar surface area (TPSA) is 68.2 Å². The number of amides is 1. The minimum absolute atomic E-state index is 0.0632. The summed E-state index contributed by atoms with van der Waals surface area (Å²) in [5.74, 6) is 1.89. The number of carbonyl (C=O) groups is 1. The molecule has 0 bridgehead atoms. The van der Waals surface area contributed by atoms with Gasteiger partial charge in [-0.1, -0.05) is 43.2 Å². The summed E-state index contributed by atoms with van der Waals surface area (Å²) in [4.78, 5) is 15.5. The van der Waals surface area contributed by atoms with Crippen LogP contribution >= 0.6 is 0 Å². The quantitative estimate of drug-likeness (QED) is 0.535. The van der Waals surface area contributed by atoms with Crippen molar-refractivity contribution < 1.29 is 24.1 Å². The van der Waals surface area contributed by atoms with Crippen molar-refractivity contribution in [2.24, 2.45) is 5.92 Å². The normalized spacial score (nSPS) is 24.0. The van der Waals surface area contributed by atoms with E-state index in [-0.39, 0.29) is 24.5 Å². The molecule has 1 saturated carbocycles. The second kappa shape index (κ2) is 9.78. The van der Waals surface area contributed by atoms with Gasteiger partial charge in [-0.3, -0.25) is 4.79 Å². The van der Waals surface area contributed by atoms with Crippen LogP contribution in [0, 0.1) is 5.92 Å². The molecule has 1 aliphatic heterocycles. The molecule has 6 heteroatoms. The van der Waals surface area contributed by atoms with E-state index in [9.17, 15) is 9.90 Å². The number of carbonyl (C=O) groups excluding carboxylic acids is 1. The number of likely N-dealkylation sites (tertiary alicyclic amines) is 1. The number of rotatable bonds is 6. The predicted molar refractivity (Wildman–Crippen MR) is 135 cm³/mol. The molecule has 3 aromatic carbocycles. The van der Waals surface area contributed by atoms with E-state index in [4.69, 9.17) is 14.2 Å². The molecular formula is C29H33NO5. The SMILES string of the molecule is COc1ccc(OC)c([C@H]2[C@H]3CCCC[C@@]3(O)CCN2C(=O)COc2ccc3ccccc3c2)c1. The highest BCUT2D eigenvalue weighted by Crippen LogP contribution is 2.51. The van der Waals surface area contributed by atoms with Crippen molar-refractivity contribution in [3.05, 3.63) is 66.2 Å². The summed E-state index contributed by atoms with van der Waals surface area (Å²) in [6, 6.07) is 19.3. The van der Waals surface area contributed by atoms with E-state index < -0.39 is 5.60 Å². The Bertz CT molecular complexity index is 1210. The van der Waals surface area contributed by atoms with Crippen LogP contribution in [0.2, 0.25) is 0 Å². The number of aliphatic hydroxyl groups is 1. The molecule has 1 heterocycles. The van der Waals surface area contributed by atoms with Gasteiger partial charge in [0.05, 0.1) is 25.9 Å². The molecule has 3 aromatic rings. The number of methoxy groups -OCH3 is 2. The highest BCUT2D eigenvalue weighted by molar-refractivity contribution is 5.84. The van der Waals surface area contributed by atoms with Crippen molar-refractivity contribution in [1.29, 1.82) is 0 Å². The summed E-state index contributed by atoms with van der Waals surface area (Å²) >= 11 is 0. The van der Waals surface area contributed by atoms with Crippen molar-refractivity contribution in [2.45, 2.75) is 43.7 Å². The van der Waals surface area contributed by atoms with Gasteiger partial charge in [0.1, 0.15) is 17.2 Å². The zero-order valence-corrected chi connectivity index (χ0v) is 20.4. The number of nitrogens with zero attached hydrogens (tertiary/aromatic N) is 1. The molecule has 184 valence electrons. The Morgan fingerprint density at radius 3 is 2.57 bits per heavy atom. The molecule has 0 radical (unpaired) electrons. The van der Waals surface area contributed by atoms with E-state index in [0.29, 0.717) is 30.2 Å². The first-order valence-electron chi connectivity index (χ1n) is 12.4. The second-order valence-corrected chi connectivity index (χ2v) is 9.64. The van der Waals surface area contributed by atoms with Gasteiger partial charge in [0, 0.05) is 18.0 Å². The van der Waals surface area contributed by atoms with E-state index in [1.807, 2.05) is 59.5 Å². The van der Waals surface area contributed by atoms with Crippen LogP contribution in [0.3, 0.4) is 0 Å². The lowest BCUT2D eigenvalue weighted by Gasteiger charge is -2.52. The van der Waals surface area contributed by atoms with Gasteiger partial charge >= 0.3 is 0 Å². The maximum Gasteiger partial charge on any atom is 0.261 e. The van der Waals surface area contributed by atoms with Gasteiger partial charge < -0.3 is 24.2 Å². The lowest BCUT2D eigenvalue weighted by molar-refractivity contribution is -0.157. The number of hydrogen-bond acceptors (Lipinski definition) is 5. The fraction of sp³-hybridized carbons (Fsp3) is 0.414. The van der Waals surface area contributed by atoms with E-state index in [1.165, 1.54) is 0 Å². The highest BCUT2D eigenvalue weighted by Gasteiger charge is 2.51. The summed E-state index contributed by atoms with van der Waals surface area (Å²) in [6.45, 7) is 0.407. The van der Waals surface area contributed by atoms with Crippen LogP contribution in [0.15, 0.2) is 60.7 Å². The Labute approximate surface area is 206 Å². The maximum absolute atomic E-state index is 13.6. The molecule has 35 heavy (non-hydrogen) atoms. The van der Waals surface area contributed by atoms with Gasteiger partial charge in [0.2, 0.25) is 0 Å². The third kappa shape index (κ3) is 4.55. The molecule has 3 atom stereocenters. The van der Waals surface area contributed by atoms with Crippen LogP contribution in [0.4, 0.5) is 0 Å². The monoisotopic (exact) mass is 475 g/mol. The summed E-state index contributed by atoms with van der Waals surface area (Å²) < 4.78 is 17.2. The van der Waals surface area contributed by atoms with Crippen LogP contribution < -0.4 is 14.2 Å². The Balaban J connectivity index is 1.44. The Morgan fingerprint density at radius 1 is 0.971 bits per heavy atom. The lowest BCUT2D eigenvalue weighted by Crippen LogP contribution is -2.57. The van der Waals surface area contributed by atoms with Gasteiger partial charge in [-0.25, -0.2) is 0 Å². The van der Waals surface area contributed by atoms with Crippen molar-refractivity contribution in [1.82, 2.24) is 4.90 Å². The van der Waals surface area contributed by atoms with Gasteiger partial charge in [0.25, 0.3) is 5.91 Å². The third-order valence-corrected chi connectivity index (χ3v) is 7.73. The molecule has 1 aliphatic carbocycles. The van der Waals surface area contributed by atoms with Gasteiger partial charge in [-0.15, -0.1) is 0 Å². The van der Waals surface area contributed by atoms with Crippen molar-refractivity contribution in [3.63, 3.8) is 0 Å². The molecule has 0 unspecified atom stereocenters. The zero-order chi connectivity index (χ0) is 24.4. The van der Waals surface area contributed by atoms with Gasteiger partial charge in [0.15, 0.2) is 6.61 Å². The van der Waals surface area contributed by atoms with E-state index >= 15 is 0 Å². The molecule has 0 aromatic heterocycles. The first kappa shape index (κ1) is 23.5. The van der Waals surface area contributed by atoms with Crippen LogP contribution in [0.1, 0.15) is 43.7 Å². The molecular weight excluding hydrogens is 442 g/mol. The van der Waals surface area contributed by atoms with E-state index in [2.05, 4.69) is 6.07 Å². The number of hydrogen-bond donors (Lipinski definition) is 1. The van der Waals surface area contributed by atoms with Crippen molar-refractivity contribution in [2.75, 3.05) is 27.4 Å². The summed E-state index contributed by atoms with van der Waals surface area (Å²) in [6.07, 6.45) is 4.23. The second-order valence-electron chi connectivity index (χ2n) is 9.64. The zero-order valence-electron chi connectivity index (χ0n) is 20.4. The fourth-order valence-electron chi connectivity index (χ4n) is 5.90. The van der Waals surface area contributed by atoms with Crippen LogP contribution in [0.5, 0.6) is 17.2 Å². The molecule has 2 aliphatic rings. The molecule has 1 N–H and O–H groups in total. The summed E-state index contributed by atoms with van der Waals surface area (Å²) in [5.41, 5.74) is 0.0865. The van der Waals surface area contributed by atoms with Gasteiger partial charge in [-0.05, 0) is 60.4 Å². The maximum atomic E-state index is 13.6. The van der Waals surface area contributed by atoms with Crippen LogP contribution in [0.25, 0.3) is 10.8 Å². The third-order valence-electron chi connectivity index (χ3n) is 7.73. The largest absolute Gasteiger partial charge is 0.497 e. The first-order chi connectivity index (χ1) is 17.0. The Kier molecular flexibility index (Phi) is 6.56. The molecule has 1 saturated heterocycles. The molecule has 0 spiro atoms. The van der Waals surface area contributed by atoms with E-state index in [1.54, 1.807) is 14.2 Å². The number of fused-ring (bicyclic) bond motifs is 2. The predicted octanol–water partition coefficient (Wildman–Crippen LogP) is 5.13. The van der Waals surface area contributed by atoms with E-state index in [0.717, 1.165) is 42.0 Å².